The highest BCUT2D eigenvalue weighted by molar-refractivity contribution is 5.80. The van der Waals surface area contributed by atoms with Crippen molar-refractivity contribution in [3.63, 3.8) is 0 Å². The number of carbonyl (C=O) groups excluding carboxylic acids is 2. The number of nitrogens with one attached hydrogen (secondary N) is 2. The van der Waals surface area contributed by atoms with Gasteiger partial charge in [0.2, 0.25) is 11.8 Å². The van der Waals surface area contributed by atoms with Crippen LogP contribution in [0.2, 0.25) is 0 Å². The molecule has 2 heterocycles. The number of nitrogens with zero attached hydrogens (tertiary/aromatic N) is 1. The van der Waals surface area contributed by atoms with Gasteiger partial charge in [-0.3, -0.25) is 9.59 Å². The maximum atomic E-state index is 12.4. The Balaban J connectivity index is 1.67. The summed E-state index contributed by atoms with van der Waals surface area (Å²) in [7, 11) is 0. The second-order valence-corrected chi connectivity index (χ2v) is 7.93. The molecule has 0 bridgehead atoms. The van der Waals surface area contributed by atoms with Crippen LogP contribution < -0.4 is 10.6 Å². The number of amides is 2. The Morgan fingerprint density at radius 2 is 1.71 bits per heavy atom. The maximum Gasteiger partial charge on any atom is 0.223 e. The summed E-state index contributed by atoms with van der Waals surface area (Å²) >= 11 is 0. The molecule has 5 heteroatoms. The predicted molar refractivity (Wildman–Crippen MR) is 96.6 cm³/mol. The molecule has 1 unspecified atom stereocenters. The van der Waals surface area contributed by atoms with Gasteiger partial charge in [0.25, 0.3) is 0 Å². The smallest absolute Gasteiger partial charge is 0.223 e. The van der Waals surface area contributed by atoms with E-state index in [4.69, 9.17) is 0 Å². The van der Waals surface area contributed by atoms with E-state index in [9.17, 15) is 9.59 Å². The molecule has 2 aliphatic heterocycles. The van der Waals surface area contributed by atoms with E-state index in [0.717, 1.165) is 45.4 Å². The number of carbonyl (C=O) groups is 2. The molecule has 24 heavy (non-hydrogen) atoms. The van der Waals surface area contributed by atoms with Crippen LogP contribution in [0.1, 0.15) is 59.3 Å². The normalized spacial score (nSPS) is 21.8. The molecule has 0 radical (unpaired) electrons. The van der Waals surface area contributed by atoms with Gasteiger partial charge in [-0.15, -0.1) is 0 Å². The van der Waals surface area contributed by atoms with Gasteiger partial charge in [0.15, 0.2) is 0 Å². The lowest BCUT2D eigenvalue weighted by atomic mass is 9.92. The molecule has 2 amide bonds. The molecule has 0 aromatic carbocycles. The molecule has 2 saturated heterocycles. The summed E-state index contributed by atoms with van der Waals surface area (Å²) in [5.74, 6) is 1.67. The SMILES string of the molecule is CC(C)C(C)NC(=O)C1CCN(C(=O)CCC2CCNCC2)CC1. The van der Waals surface area contributed by atoms with Crippen molar-refractivity contribution in [3.05, 3.63) is 0 Å². The van der Waals surface area contributed by atoms with Gasteiger partial charge in [-0.25, -0.2) is 0 Å². The molecule has 2 rings (SSSR count). The largest absolute Gasteiger partial charge is 0.353 e. The van der Waals surface area contributed by atoms with E-state index < -0.39 is 0 Å². The van der Waals surface area contributed by atoms with E-state index in [0.29, 0.717) is 18.3 Å². The fourth-order valence-corrected chi connectivity index (χ4v) is 3.56. The molecule has 1 atom stereocenters. The Kier molecular flexibility index (Phi) is 7.53. The van der Waals surface area contributed by atoms with E-state index in [1.165, 1.54) is 12.8 Å². The van der Waals surface area contributed by atoms with Crippen LogP contribution in [-0.4, -0.2) is 48.9 Å². The summed E-state index contributed by atoms with van der Waals surface area (Å²) in [5.41, 5.74) is 0. The van der Waals surface area contributed by atoms with Crippen LogP contribution in [-0.2, 0) is 9.59 Å². The van der Waals surface area contributed by atoms with Crippen molar-refractivity contribution in [3.8, 4) is 0 Å². The molecule has 0 aliphatic carbocycles. The first-order valence-electron chi connectivity index (χ1n) is 9.76. The van der Waals surface area contributed by atoms with Gasteiger partial charge < -0.3 is 15.5 Å². The van der Waals surface area contributed by atoms with E-state index in [1.807, 2.05) is 4.90 Å². The highest BCUT2D eigenvalue weighted by Crippen LogP contribution is 2.22. The molecule has 2 aliphatic rings. The standard InChI is InChI=1S/C19H35N3O2/c1-14(2)15(3)21-19(24)17-8-12-22(13-9-17)18(23)5-4-16-6-10-20-11-7-16/h14-17,20H,4-13H2,1-3H3,(H,21,24). The third kappa shape index (κ3) is 5.76. The third-order valence-corrected chi connectivity index (χ3v) is 5.81. The second-order valence-electron chi connectivity index (χ2n) is 7.93. The van der Waals surface area contributed by atoms with Crippen LogP contribution in [0.3, 0.4) is 0 Å². The zero-order valence-corrected chi connectivity index (χ0v) is 15.6. The van der Waals surface area contributed by atoms with Crippen molar-refractivity contribution in [2.45, 2.75) is 65.3 Å². The lowest BCUT2D eigenvalue weighted by Crippen LogP contribution is -2.45. The number of rotatable bonds is 6. The van der Waals surface area contributed by atoms with Crippen molar-refractivity contribution in [1.82, 2.24) is 15.5 Å². The Morgan fingerprint density at radius 3 is 2.29 bits per heavy atom. The van der Waals surface area contributed by atoms with Gasteiger partial charge in [0.05, 0.1) is 0 Å². The summed E-state index contributed by atoms with van der Waals surface area (Å²) in [6, 6.07) is 0.210. The zero-order valence-electron chi connectivity index (χ0n) is 15.6. The van der Waals surface area contributed by atoms with Gasteiger partial charge in [-0.05, 0) is 64.0 Å². The average molecular weight is 338 g/mol. The van der Waals surface area contributed by atoms with Crippen molar-refractivity contribution in [2.75, 3.05) is 26.2 Å². The molecule has 0 aromatic rings. The van der Waals surface area contributed by atoms with Crippen LogP contribution in [0.4, 0.5) is 0 Å². The Bertz CT molecular complexity index is 411. The highest BCUT2D eigenvalue weighted by atomic mass is 16.2. The lowest BCUT2D eigenvalue weighted by Gasteiger charge is -2.33. The summed E-state index contributed by atoms with van der Waals surface area (Å²) in [6.07, 6.45) is 5.69. The van der Waals surface area contributed by atoms with E-state index in [-0.39, 0.29) is 23.8 Å². The quantitative estimate of drug-likeness (QED) is 0.781. The fraction of sp³-hybridized carbons (Fsp3) is 0.895. The number of hydrogen-bond donors (Lipinski definition) is 2. The molecule has 2 N–H and O–H groups in total. The Morgan fingerprint density at radius 1 is 1.08 bits per heavy atom. The predicted octanol–water partition coefficient (Wildman–Crippen LogP) is 2.17. The summed E-state index contributed by atoms with van der Waals surface area (Å²) in [4.78, 5) is 26.7. The minimum atomic E-state index is 0.0691. The Hall–Kier alpha value is -1.10. The third-order valence-electron chi connectivity index (χ3n) is 5.81. The van der Waals surface area contributed by atoms with Crippen molar-refractivity contribution >= 4 is 11.8 Å². The van der Waals surface area contributed by atoms with Crippen LogP contribution in [0, 0.1) is 17.8 Å². The van der Waals surface area contributed by atoms with E-state index >= 15 is 0 Å². The number of likely N-dealkylation sites (tertiary alicyclic amines) is 1. The molecule has 0 aromatic heterocycles. The molecular weight excluding hydrogens is 302 g/mol. The molecule has 0 saturated carbocycles. The number of piperidine rings is 2. The molecular formula is C19H35N3O2. The van der Waals surface area contributed by atoms with Gasteiger partial charge >= 0.3 is 0 Å². The van der Waals surface area contributed by atoms with Crippen molar-refractivity contribution in [1.29, 1.82) is 0 Å². The van der Waals surface area contributed by atoms with Crippen LogP contribution in [0.5, 0.6) is 0 Å². The minimum Gasteiger partial charge on any atom is -0.353 e. The monoisotopic (exact) mass is 337 g/mol. The first-order valence-corrected chi connectivity index (χ1v) is 9.76. The summed E-state index contributed by atoms with van der Waals surface area (Å²) < 4.78 is 0. The van der Waals surface area contributed by atoms with Crippen LogP contribution >= 0.6 is 0 Å². The first-order chi connectivity index (χ1) is 11.5. The van der Waals surface area contributed by atoms with Crippen LogP contribution in [0.15, 0.2) is 0 Å². The number of hydrogen-bond acceptors (Lipinski definition) is 3. The summed E-state index contributed by atoms with van der Waals surface area (Å²) in [5, 5.41) is 6.48. The van der Waals surface area contributed by atoms with Gasteiger partial charge in [-0.2, -0.15) is 0 Å². The Labute approximate surface area is 146 Å². The van der Waals surface area contributed by atoms with Gasteiger partial charge in [0.1, 0.15) is 0 Å². The van der Waals surface area contributed by atoms with E-state index in [2.05, 4.69) is 31.4 Å². The second kappa shape index (κ2) is 9.40. The average Bonchev–Trinajstić information content (AvgIpc) is 2.60. The summed E-state index contributed by atoms with van der Waals surface area (Å²) in [6.45, 7) is 9.95. The van der Waals surface area contributed by atoms with Crippen LogP contribution in [0.25, 0.3) is 0 Å². The van der Waals surface area contributed by atoms with Gasteiger partial charge in [0, 0.05) is 31.5 Å². The highest BCUT2D eigenvalue weighted by Gasteiger charge is 2.28. The van der Waals surface area contributed by atoms with E-state index in [1.54, 1.807) is 0 Å². The van der Waals surface area contributed by atoms with Crippen molar-refractivity contribution < 1.29 is 9.59 Å². The fourth-order valence-electron chi connectivity index (χ4n) is 3.56. The first kappa shape index (κ1) is 19.2. The molecule has 5 nitrogen and oxygen atoms in total. The molecule has 2 fully saturated rings. The zero-order chi connectivity index (χ0) is 17.5. The topological polar surface area (TPSA) is 61.4 Å². The minimum absolute atomic E-state index is 0.0691. The van der Waals surface area contributed by atoms with Gasteiger partial charge in [-0.1, -0.05) is 13.8 Å². The lowest BCUT2D eigenvalue weighted by molar-refractivity contribution is -0.136. The maximum absolute atomic E-state index is 12.4. The molecule has 138 valence electrons. The molecule has 0 spiro atoms. The van der Waals surface area contributed by atoms with Crippen molar-refractivity contribution in [2.24, 2.45) is 17.8 Å².